The first-order chi connectivity index (χ1) is 12.9. The molecule has 0 aliphatic heterocycles. The SMILES string of the molecule is Cc1ccc(C)c(NC(=O)c2c[nH]c(=O)n(Cc3ccccc3Cl)c2=O)c1. The summed E-state index contributed by atoms with van der Waals surface area (Å²) >= 11 is 6.11. The summed E-state index contributed by atoms with van der Waals surface area (Å²) in [5.74, 6) is -0.585. The van der Waals surface area contributed by atoms with Crippen LogP contribution in [-0.4, -0.2) is 15.5 Å². The number of nitrogens with zero attached hydrogens (tertiary/aromatic N) is 1. The van der Waals surface area contributed by atoms with Gasteiger partial charge in [0.05, 0.1) is 6.54 Å². The maximum absolute atomic E-state index is 12.7. The number of carbonyl (C=O) groups excluding carboxylic acids is 1. The maximum Gasteiger partial charge on any atom is 0.328 e. The third-order valence-corrected chi connectivity index (χ3v) is 4.60. The van der Waals surface area contributed by atoms with Gasteiger partial charge in [-0.25, -0.2) is 4.79 Å². The highest BCUT2D eigenvalue weighted by atomic mass is 35.5. The molecule has 0 fully saturated rings. The Morgan fingerprint density at radius 2 is 1.89 bits per heavy atom. The number of anilines is 1. The molecule has 0 spiro atoms. The van der Waals surface area contributed by atoms with E-state index in [0.29, 0.717) is 16.3 Å². The summed E-state index contributed by atoms with van der Waals surface area (Å²) in [6, 6.07) is 12.5. The molecule has 6 nitrogen and oxygen atoms in total. The minimum absolute atomic E-state index is 0.0293. The Morgan fingerprint density at radius 1 is 1.15 bits per heavy atom. The third kappa shape index (κ3) is 4.01. The highest BCUT2D eigenvalue weighted by Crippen LogP contribution is 2.17. The second kappa shape index (κ2) is 7.63. The van der Waals surface area contributed by atoms with Crippen molar-refractivity contribution in [2.45, 2.75) is 20.4 Å². The van der Waals surface area contributed by atoms with Gasteiger partial charge in [0.2, 0.25) is 0 Å². The Balaban J connectivity index is 1.96. The molecule has 3 aromatic rings. The van der Waals surface area contributed by atoms with Crippen molar-refractivity contribution in [1.82, 2.24) is 9.55 Å². The molecule has 0 aliphatic carbocycles. The number of aryl methyl sites for hydroxylation is 2. The fourth-order valence-corrected chi connectivity index (χ4v) is 2.87. The van der Waals surface area contributed by atoms with Gasteiger partial charge in [0.1, 0.15) is 5.56 Å². The van der Waals surface area contributed by atoms with Crippen LogP contribution in [0.15, 0.2) is 58.3 Å². The molecule has 0 atom stereocenters. The Kier molecular flexibility index (Phi) is 5.28. The molecule has 0 aliphatic rings. The number of halogens is 1. The highest BCUT2D eigenvalue weighted by molar-refractivity contribution is 6.31. The molecule has 2 aromatic carbocycles. The van der Waals surface area contributed by atoms with Gasteiger partial charge in [-0.1, -0.05) is 41.9 Å². The number of hydrogen-bond donors (Lipinski definition) is 2. The number of aromatic amines is 1. The standard InChI is InChI=1S/C20H18ClN3O3/c1-12-7-8-13(2)17(9-12)23-18(25)15-10-22-20(27)24(19(15)26)11-14-5-3-4-6-16(14)21/h3-10H,11H2,1-2H3,(H,22,27)(H,23,25). The van der Waals surface area contributed by atoms with Crippen LogP contribution < -0.4 is 16.6 Å². The van der Waals surface area contributed by atoms with Crippen molar-refractivity contribution in [1.29, 1.82) is 0 Å². The normalized spacial score (nSPS) is 10.6. The molecule has 138 valence electrons. The lowest BCUT2D eigenvalue weighted by Crippen LogP contribution is -2.39. The molecule has 1 aromatic heterocycles. The second-order valence-corrected chi connectivity index (χ2v) is 6.67. The largest absolute Gasteiger partial charge is 0.328 e. The van der Waals surface area contributed by atoms with Crippen molar-refractivity contribution in [3.8, 4) is 0 Å². The quantitative estimate of drug-likeness (QED) is 0.726. The zero-order valence-electron chi connectivity index (χ0n) is 14.9. The molecule has 2 N–H and O–H groups in total. The van der Waals surface area contributed by atoms with Gasteiger partial charge in [-0.05, 0) is 42.7 Å². The molecular formula is C20H18ClN3O3. The van der Waals surface area contributed by atoms with Gasteiger partial charge in [-0.3, -0.25) is 14.2 Å². The van der Waals surface area contributed by atoms with Gasteiger partial charge in [0.15, 0.2) is 0 Å². The molecule has 27 heavy (non-hydrogen) atoms. The Bertz CT molecular complexity index is 1130. The predicted octanol–water partition coefficient (Wildman–Crippen LogP) is 3.11. The van der Waals surface area contributed by atoms with Crippen molar-refractivity contribution in [3.05, 3.63) is 96.8 Å². The van der Waals surface area contributed by atoms with Crippen LogP contribution in [0, 0.1) is 13.8 Å². The van der Waals surface area contributed by atoms with Crippen LogP contribution in [0.25, 0.3) is 0 Å². The molecule has 0 unspecified atom stereocenters. The fourth-order valence-electron chi connectivity index (χ4n) is 2.67. The van der Waals surface area contributed by atoms with Crippen LogP contribution in [0.5, 0.6) is 0 Å². The van der Waals surface area contributed by atoms with Gasteiger partial charge in [0.25, 0.3) is 11.5 Å². The molecule has 0 saturated heterocycles. The number of H-pyrrole nitrogens is 1. The van der Waals surface area contributed by atoms with E-state index >= 15 is 0 Å². The molecule has 1 heterocycles. The van der Waals surface area contributed by atoms with Gasteiger partial charge in [-0.15, -0.1) is 0 Å². The number of rotatable bonds is 4. The summed E-state index contributed by atoms with van der Waals surface area (Å²) in [4.78, 5) is 39.9. The summed E-state index contributed by atoms with van der Waals surface area (Å²) in [5.41, 5.74) is 1.64. The fraction of sp³-hybridized carbons (Fsp3) is 0.150. The van der Waals surface area contributed by atoms with Gasteiger partial charge in [-0.2, -0.15) is 0 Å². The predicted molar refractivity (Wildman–Crippen MR) is 106 cm³/mol. The second-order valence-electron chi connectivity index (χ2n) is 6.26. The summed E-state index contributed by atoms with van der Waals surface area (Å²) in [5, 5.41) is 3.17. The van der Waals surface area contributed by atoms with Gasteiger partial charge >= 0.3 is 5.69 Å². The Hall–Kier alpha value is -3.12. The Labute approximate surface area is 160 Å². The van der Waals surface area contributed by atoms with Crippen LogP contribution in [0.3, 0.4) is 0 Å². The molecule has 1 amide bonds. The third-order valence-electron chi connectivity index (χ3n) is 4.23. The average Bonchev–Trinajstić information content (AvgIpc) is 2.63. The van der Waals surface area contributed by atoms with Crippen molar-refractivity contribution >= 4 is 23.2 Å². The molecule has 7 heteroatoms. The van der Waals surface area contributed by atoms with Crippen molar-refractivity contribution in [3.63, 3.8) is 0 Å². The summed E-state index contributed by atoms with van der Waals surface area (Å²) in [6.07, 6.45) is 1.13. The number of hydrogen-bond acceptors (Lipinski definition) is 3. The first-order valence-corrected chi connectivity index (χ1v) is 8.69. The average molecular weight is 384 g/mol. The van der Waals surface area contributed by atoms with Crippen molar-refractivity contribution in [2.75, 3.05) is 5.32 Å². The minimum atomic E-state index is -0.679. The first kappa shape index (κ1) is 18.7. The molecule has 0 radical (unpaired) electrons. The highest BCUT2D eigenvalue weighted by Gasteiger charge is 2.16. The molecular weight excluding hydrogens is 366 g/mol. The first-order valence-electron chi connectivity index (χ1n) is 8.31. The van der Waals surface area contributed by atoms with Crippen LogP contribution in [0.4, 0.5) is 5.69 Å². The monoisotopic (exact) mass is 383 g/mol. The summed E-state index contributed by atoms with van der Waals surface area (Å²) in [6.45, 7) is 3.74. The van der Waals surface area contributed by atoms with E-state index in [-0.39, 0.29) is 12.1 Å². The molecule has 0 bridgehead atoms. The summed E-state index contributed by atoms with van der Waals surface area (Å²) in [7, 11) is 0. The maximum atomic E-state index is 12.7. The zero-order chi connectivity index (χ0) is 19.6. The molecule has 0 saturated carbocycles. The number of nitrogens with one attached hydrogen (secondary N) is 2. The van der Waals surface area contributed by atoms with Crippen LogP contribution in [0.1, 0.15) is 27.0 Å². The van der Waals surface area contributed by atoms with E-state index < -0.39 is 17.2 Å². The topological polar surface area (TPSA) is 84.0 Å². The van der Waals surface area contributed by atoms with Crippen molar-refractivity contribution in [2.24, 2.45) is 0 Å². The van der Waals surface area contributed by atoms with Crippen LogP contribution in [0.2, 0.25) is 5.02 Å². The number of carbonyl (C=O) groups is 1. The smallest absolute Gasteiger partial charge is 0.322 e. The van der Waals surface area contributed by atoms with Gasteiger partial charge < -0.3 is 10.3 Å². The number of benzene rings is 2. The van der Waals surface area contributed by atoms with Crippen LogP contribution in [-0.2, 0) is 6.54 Å². The van der Waals surface area contributed by atoms with E-state index in [0.717, 1.165) is 21.9 Å². The lowest BCUT2D eigenvalue weighted by Gasteiger charge is -2.11. The number of aromatic nitrogens is 2. The lowest BCUT2D eigenvalue weighted by molar-refractivity contribution is 0.102. The number of amides is 1. The van der Waals surface area contributed by atoms with Crippen LogP contribution >= 0.6 is 11.6 Å². The molecule has 3 rings (SSSR count). The van der Waals surface area contributed by atoms with E-state index in [1.165, 1.54) is 0 Å². The van der Waals surface area contributed by atoms with E-state index in [2.05, 4.69) is 10.3 Å². The van der Waals surface area contributed by atoms with E-state index in [9.17, 15) is 14.4 Å². The van der Waals surface area contributed by atoms with E-state index in [4.69, 9.17) is 11.6 Å². The minimum Gasteiger partial charge on any atom is -0.322 e. The lowest BCUT2D eigenvalue weighted by atomic mass is 10.1. The van der Waals surface area contributed by atoms with E-state index in [1.54, 1.807) is 24.3 Å². The zero-order valence-corrected chi connectivity index (χ0v) is 15.6. The van der Waals surface area contributed by atoms with Gasteiger partial charge in [0, 0.05) is 16.9 Å². The summed E-state index contributed by atoms with van der Waals surface area (Å²) < 4.78 is 0.958. The van der Waals surface area contributed by atoms with Crippen molar-refractivity contribution < 1.29 is 4.79 Å². The van der Waals surface area contributed by atoms with E-state index in [1.807, 2.05) is 32.0 Å². The Morgan fingerprint density at radius 3 is 2.63 bits per heavy atom.